The Morgan fingerprint density at radius 2 is 1.83 bits per heavy atom. The van der Waals surface area contributed by atoms with E-state index in [0.29, 0.717) is 42.3 Å². The minimum absolute atomic E-state index is 0.0255. The van der Waals surface area contributed by atoms with Crippen LogP contribution in [0.5, 0.6) is 11.6 Å². The van der Waals surface area contributed by atoms with Gasteiger partial charge in [0.15, 0.2) is 0 Å². The van der Waals surface area contributed by atoms with Gasteiger partial charge in [0.2, 0.25) is 27.7 Å². The Balaban J connectivity index is 1.35. The van der Waals surface area contributed by atoms with Crippen molar-refractivity contribution in [2.24, 2.45) is 17.8 Å². The van der Waals surface area contributed by atoms with Gasteiger partial charge in [-0.15, -0.1) is 0 Å². The van der Waals surface area contributed by atoms with Gasteiger partial charge in [-0.1, -0.05) is 26.0 Å². The Hall–Kier alpha value is -4.47. The lowest BCUT2D eigenvalue weighted by atomic mass is 9.88. The van der Waals surface area contributed by atoms with Gasteiger partial charge in [-0.05, 0) is 90.2 Å². The molecule has 15 nitrogen and oxygen atoms in total. The van der Waals surface area contributed by atoms with Gasteiger partial charge in [0, 0.05) is 18.4 Å². The lowest BCUT2D eigenvalue weighted by Crippen LogP contribution is -2.59. The van der Waals surface area contributed by atoms with Gasteiger partial charge < -0.3 is 29.7 Å². The molecule has 1 aromatic heterocycles. The van der Waals surface area contributed by atoms with Gasteiger partial charge >= 0.3 is 6.09 Å². The molecular formula is C38H52N6O9S. The van der Waals surface area contributed by atoms with Gasteiger partial charge in [-0.2, -0.15) is 0 Å². The molecule has 7 atom stereocenters. The van der Waals surface area contributed by atoms with Gasteiger partial charge in [0.25, 0.3) is 5.91 Å². The van der Waals surface area contributed by atoms with Crippen molar-refractivity contribution in [3.8, 4) is 11.6 Å². The zero-order chi connectivity index (χ0) is 39.2. The van der Waals surface area contributed by atoms with E-state index in [0.717, 1.165) is 6.42 Å². The largest absolute Gasteiger partial charge is 0.497 e. The highest BCUT2D eigenvalue weighted by molar-refractivity contribution is 7.91. The van der Waals surface area contributed by atoms with Crippen molar-refractivity contribution in [1.29, 1.82) is 0 Å². The molecule has 3 fully saturated rings. The summed E-state index contributed by atoms with van der Waals surface area (Å²) in [6.45, 7) is 10.7. The van der Waals surface area contributed by atoms with Crippen LogP contribution in [0.25, 0.3) is 10.9 Å². The SMILES string of the molecule is COc1ccc2c(O[C@@H]3C[C@H]4C(=O)N[C@]5(C(=O)NS(=O)(=O)C6(C)CC6)C[C@H]5C=CCC[C@@H](C)C[C@@H](C)[C@H](NC(=O)OC(C)(C)C)C(=O)N4C3)ncnc2c1. The zero-order valence-corrected chi connectivity index (χ0v) is 32.8. The molecule has 0 radical (unpaired) electrons. The average molecular weight is 769 g/mol. The highest BCUT2D eigenvalue weighted by Crippen LogP contribution is 2.47. The van der Waals surface area contributed by atoms with Crippen LogP contribution in [0.15, 0.2) is 36.7 Å². The highest BCUT2D eigenvalue weighted by Gasteiger charge is 2.63. The first kappa shape index (κ1) is 39.2. The summed E-state index contributed by atoms with van der Waals surface area (Å²) in [5, 5.41) is 6.29. The van der Waals surface area contributed by atoms with Crippen molar-refractivity contribution in [3.05, 3.63) is 36.7 Å². The van der Waals surface area contributed by atoms with Crippen molar-refractivity contribution in [2.45, 2.75) is 121 Å². The second kappa shape index (κ2) is 14.6. The first-order chi connectivity index (χ1) is 25.3. The molecule has 4 amide bonds. The number of carbonyl (C=O) groups is 4. The Kier molecular flexibility index (Phi) is 10.6. The van der Waals surface area contributed by atoms with E-state index < -0.39 is 73.8 Å². The smallest absolute Gasteiger partial charge is 0.408 e. The Labute approximate surface area is 316 Å². The number of carbonyl (C=O) groups excluding carboxylic acids is 4. The van der Waals surface area contributed by atoms with Crippen LogP contribution in [-0.4, -0.2) is 94.8 Å². The topological polar surface area (TPSA) is 195 Å². The fourth-order valence-corrected chi connectivity index (χ4v) is 8.73. The third-order valence-electron chi connectivity index (χ3n) is 11.0. The van der Waals surface area contributed by atoms with E-state index in [1.54, 1.807) is 53.0 Å². The summed E-state index contributed by atoms with van der Waals surface area (Å²) in [7, 11) is -2.45. The standard InChI is InChI=1S/C38H52N6O9S/c1-22-10-8-9-11-24-19-38(24,34(47)43-54(49,50)37(6)14-15-37)42-31(45)29-18-26(52-32-27-13-12-25(51-7)17-28(27)39-21-40-32)20-44(29)33(46)30(23(2)16-22)41-35(48)53-36(3,4)5/h9,11-13,17,21-24,26,29-30H,8,10,14-16,18-20H2,1-7H3,(H,41,48)(H,42,45)(H,43,47)/t22-,23-,24-,26-,29+,30+,38-/m1/s1. The molecule has 0 spiro atoms. The fourth-order valence-electron chi connectivity index (χ4n) is 7.42. The number of aromatic nitrogens is 2. The number of benzene rings is 1. The van der Waals surface area contributed by atoms with E-state index in [1.807, 2.05) is 19.1 Å². The number of allylic oxidation sites excluding steroid dienone is 1. The summed E-state index contributed by atoms with van der Waals surface area (Å²) in [5.74, 6) is -1.76. The summed E-state index contributed by atoms with van der Waals surface area (Å²) in [6.07, 6.45) is 6.80. The number of sulfonamides is 1. The van der Waals surface area contributed by atoms with Crippen LogP contribution in [0.3, 0.4) is 0 Å². The van der Waals surface area contributed by atoms with Crippen LogP contribution in [0.2, 0.25) is 0 Å². The normalized spacial score (nSPS) is 29.8. The lowest BCUT2D eigenvalue weighted by molar-refractivity contribution is -0.142. The van der Waals surface area contributed by atoms with Crippen molar-refractivity contribution >= 4 is 44.7 Å². The summed E-state index contributed by atoms with van der Waals surface area (Å²) < 4.78 is 44.8. The molecule has 6 rings (SSSR count). The number of hydrogen-bond acceptors (Lipinski definition) is 11. The molecule has 1 aromatic carbocycles. The van der Waals surface area contributed by atoms with Crippen molar-refractivity contribution in [1.82, 2.24) is 30.2 Å². The van der Waals surface area contributed by atoms with Gasteiger partial charge in [-0.3, -0.25) is 19.1 Å². The molecule has 2 aliphatic carbocycles. The second-order valence-corrected chi connectivity index (χ2v) is 18.8. The van der Waals surface area contributed by atoms with Crippen LogP contribution in [-0.2, 0) is 29.1 Å². The number of nitrogens with zero attached hydrogens (tertiary/aromatic N) is 3. The number of amides is 4. The summed E-state index contributed by atoms with van der Waals surface area (Å²) in [4.78, 5) is 66.3. The average Bonchev–Trinajstić information content (AvgIpc) is 3.97. The molecule has 2 aromatic rings. The third-order valence-corrected chi connectivity index (χ3v) is 13.2. The first-order valence-corrected chi connectivity index (χ1v) is 20.1. The maximum Gasteiger partial charge on any atom is 0.408 e. The maximum absolute atomic E-state index is 14.7. The Morgan fingerprint density at radius 3 is 2.52 bits per heavy atom. The molecule has 294 valence electrons. The summed E-state index contributed by atoms with van der Waals surface area (Å²) in [6, 6.07) is 3.06. The molecule has 3 N–H and O–H groups in total. The molecule has 0 bridgehead atoms. The molecule has 2 saturated carbocycles. The molecule has 0 unspecified atom stereocenters. The van der Waals surface area contributed by atoms with Gasteiger partial charge in [0.1, 0.15) is 41.4 Å². The Morgan fingerprint density at radius 1 is 1.09 bits per heavy atom. The molecule has 16 heteroatoms. The van der Waals surface area contributed by atoms with E-state index >= 15 is 0 Å². The van der Waals surface area contributed by atoms with Crippen molar-refractivity contribution in [3.63, 3.8) is 0 Å². The molecule has 2 aliphatic heterocycles. The number of ether oxygens (including phenoxy) is 3. The molecule has 3 heterocycles. The van der Waals surface area contributed by atoms with Crippen LogP contribution in [0.4, 0.5) is 4.79 Å². The predicted octanol–water partition coefficient (Wildman–Crippen LogP) is 3.77. The van der Waals surface area contributed by atoms with Crippen LogP contribution in [0, 0.1) is 17.8 Å². The summed E-state index contributed by atoms with van der Waals surface area (Å²) in [5.41, 5.74) is -1.79. The van der Waals surface area contributed by atoms with E-state index in [2.05, 4.69) is 32.2 Å². The summed E-state index contributed by atoms with van der Waals surface area (Å²) >= 11 is 0. The number of nitrogens with one attached hydrogen (secondary N) is 3. The van der Waals surface area contributed by atoms with E-state index in [1.165, 1.54) is 11.2 Å². The van der Waals surface area contributed by atoms with Crippen molar-refractivity contribution in [2.75, 3.05) is 13.7 Å². The Bertz CT molecular complexity index is 1940. The predicted molar refractivity (Wildman–Crippen MR) is 199 cm³/mol. The molecular weight excluding hydrogens is 717 g/mol. The second-order valence-electron chi connectivity index (χ2n) is 16.6. The molecule has 54 heavy (non-hydrogen) atoms. The monoisotopic (exact) mass is 768 g/mol. The maximum atomic E-state index is 14.7. The van der Waals surface area contributed by atoms with E-state index in [9.17, 15) is 27.6 Å². The molecule has 4 aliphatic rings. The number of rotatable bonds is 7. The minimum Gasteiger partial charge on any atom is -0.497 e. The minimum atomic E-state index is -4.00. The fraction of sp³-hybridized carbons (Fsp3) is 0.632. The number of methoxy groups -OCH3 is 1. The zero-order valence-electron chi connectivity index (χ0n) is 32.0. The van der Waals surface area contributed by atoms with Gasteiger partial charge in [-0.25, -0.2) is 23.2 Å². The quantitative estimate of drug-likeness (QED) is 0.347. The lowest BCUT2D eigenvalue weighted by Gasteiger charge is -2.33. The number of hydrogen-bond donors (Lipinski definition) is 3. The van der Waals surface area contributed by atoms with Crippen LogP contribution >= 0.6 is 0 Å². The number of fused-ring (bicyclic) bond motifs is 3. The molecule has 1 saturated heterocycles. The van der Waals surface area contributed by atoms with Crippen LogP contribution in [0.1, 0.15) is 86.5 Å². The van der Waals surface area contributed by atoms with Crippen LogP contribution < -0.4 is 24.8 Å². The van der Waals surface area contributed by atoms with Crippen molar-refractivity contribution < 1.29 is 41.8 Å². The third kappa shape index (κ3) is 8.27. The first-order valence-electron chi connectivity index (χ1n) is 18.7. The number of alkyl carbamates (subject to hydrolysis) is 1. The highest BCUT2D eigenvalue weighted by atomic mass is 32.2. The van der Waals surface area contributed by atoms with Gasteiger partial charge in [0.05, 0.1) is 29.3 Å². The van der Waals surface area contributed by atoms with E-state index in [-0.39, 0.29) is 37.1 Å². The van der Waals surface area contributed by atoms with E-state index in [4.69, 9.17) is 14.2 Å².